The summed E-state index contributed by atoms with van der Waals surface area (Å²) in [5.74, 6) is 0.741. The molecule has 1 aliphatic carbocycles. The standard InChI is InChI=1S/C17H33NO2/c1-5-10-18-15(13-16(2,3)19-4)14-7-11-20-17(12-14)8-6-9-17/h14-15,18H,5-13H2,1-4H3. The van der Waals surface area contributed by atoms with Gasteiger partial charge in [0.25, 0.3) is 0 Å². The summed E-state index contributed by atoms with van der Waals surface area (Å²) in [6.07, 6.45) is 8.62. The molecule has 1 saturated carbocycles. The Kier molecular flexibility index (Phi) is 5.49. The Hall–Kier alpha value is -0.120. The Morgan fingerprint density at radius 1 is 1.40 bits per heavy atom. The summed E-state index contributed by atoms with van der Waals surface area (Å²) in [4.78, 5) is 0. The largest absolute Gasteiger partial charge is 0.379 e. The van der Waals surface area contributed by atoms with Crippen molar-refractivity contribution in [2.45, 2.75) is 83.0 Å². The van der Waals surface area contributed by atoms with E-state index in [2.05, 4.69) is 26.1 Å². The summed E-state index contributed by atoms with van der Waals surface area (Å²) < 4.78 is 11.7. The number of hydrogen-bond acceptors (Lipinski definition) is 3. The van der Waals surface area contributed by atoms with Crippen LogP contribution in [0.15, 0.2) is 0 Å². The summed E-state index contributed by atoms with van der Waals surface area (Å²) in [6.45, 7) is 8.69. The normalized spacial score (nSPS) is 27.3. The SMILES string of the molecule is CCCNC(CC(C)(C)OC)C1CCOC2(CCC2)C1. The molecule has 3 nitrogen and oxygen atoms in total. The van der Waals surface area contributed by atoms with E-state index in [4.69, 9.17) is 9.47 Å². The van der Waals surface area contributed by atoms with Gasteiger partial charge in [-0.1, -0.05) is 6.92 Å². The van der Waals surface area contributed by atoms with E-state index >= 15 is 0 Å². The van der Waals surface area contributed by atoms with Crippen molar-refractivity contribution in [3.8, 4) is 0 Å². The molecular formula is C17H33NO2. The predicted octanol–water partition coefficient (Wildman–Crippen LogP) is 3.52. The molecule has 3 heteroatoms. The van der Waals surface area contributed by atoms with Crippen LogP contribution in [0, 0.1) is 5.92 Å². The molecule has 0 aromatic rings. The molecule has 1 spiro atoms. The molecule has 0 aromatic heterocycles. The Morgan fingerprint density at radius 2 is 2.15 bits per heavy atom. The Bertz CT molecular complexity index is 299. The summed E-state index contributed by atoms with van der Waals surface area (Å²) in [5.41, 5.74) is 0.197. The molecule has 0 amide bonds. The van der Waals surface area contributed by atoms with Crippen LogP contribution in [-0.4, -0.2) is 37.5 Å². The van der Waals surface area contributed by atoms with Gasteiger partial charge >= 0.3 is 0 Å². The molecule has 1 N–H and O–H groups in total. The maximum atomic E-state index is 6.08. The van der Waals surface area contributed by atoms with E-state index in [0.717, 1.165) is 25.5 Å². The number of ether oxygens (including phenoxy) is 2. The molecule has 2 fully saturated rings. The van der Waals surface area contributed by atoms with Crippen molar-refractivity contribution in [1.82, 2.24) is 5.32 Å². The minimum Gasteiger partial charge on any atom is -0.379 e. The van der Waals surface area contributed by atoms with Gasteiger partial charge in [0.15, 0.2) is 0 Å². The number of rotatable bonds is 7. The van der Waals surface area contributed by atoms with E-state index in [1.54, 1.807) is 0 Å². The van der Waals surface area contributed by atoms with Crippen LogP contribution in [0.1, 0.15) is 65.7 Å². The molecule has 118 valence electrons. The zero-order valence-corrected chi connectivity index (χ0v) is 13.8. The Labute approximate surface area is 124 Å². The van der Waals surface area contributed by atoms with Gasteiger partial charge in [0.2, 0.25) is 0 Å². The first-order valence-corrected chi connectivity index (χ1v) is 8.43. The van der Waals surface area contributed by atoms with Gasteiger partial charge in [-0.2, -0.15) is 0 Å². The lowest BCUT2D eigenvalue weighted by atomic mass is 9.69. The van der Waals surface area contributed by atoms with Crippen LogP contribution in [0.25, 0.3) is 0 Å². The van der Waals surface area contributed by atoms with Crippen LogP contribution in [-0.2, 0) is 9.47 Å². The highest BCUT2D eigenvalue weighted by atomic mass is 16.5. The smallest absolute Gasteiger partial charge is 0.0685 e. The number of methoxy groups -OCH3 is 1. The van der Waals surface area contributed by atoms with Crippen molar-refractivity contribution in [3.63, 3.8) is 0 Å². The van der Waals surface area contributed by atoms with Crippen LogP contribution in [0.4, 0.5) is 0 Å². The van der Waals surface area contributed by atoms with E-state index in [9.17, 15) is 0 Å². The molecule has 0 radical (unpaired) electrons. The van der Waals surface area contributed by atoms with Crippen molar-refractivity contribution in [3.05, 3.63) is 0 Å². The Morgan fingerprint density at radius 3 is 2.70 bits per heavy atom. The summed E-state index contributed by atoms with van der Waals surface area (Å²) in [7, 11) is 1.83. The zero-order valence-electron chi connectivity index (χ0n) is 13.8. The fourth-order valence-corrected chi connectivity index (χ4v) is 3.68. The molecular weight excluding hydrogens is 250 g/mol. The fraction of sp³-hybridized carbons (Fsp3) is 1.00. The summed E-state index contributed by atoms with van der Waals surface area (Å²) in [5, 5.41) is 3.78. The topological polar surface area (TPSA) is 30.5 Å². The molecule has 2 rings (SSSR count). The van der Waals surface area contributed by atoms with Crippen molar-refractivity contribution in [1.29, 1.82) is 0 Å². The van der Waals surface area contributed by atoms with Gasteiger partial charge in [0.05, 0.1) is 11.2 Å². The predicted molar refractivity (Wildman–Crippen MR) is 83.0 cm³/mol. The lowest BCUT2D eigenvalue weighted by molar-refractivity contribution is -0.149. The Balaban J connectivity index is 1.97. The second-order valence-corrected chi connectivity index (χ2v) is 7.37. The summed E-state index contributed by atoms with van der Waals surface area (Å²) >= 11 is 0. The van der Waals surface area contributed by atoms with E-state index in [-0.39, 0.29) is 11.2 Å². The molecule has 2 atom stereocenters. The van der Waals surface area contributed by atoms with Gasteiger partial charge in [-0.3, -0.25) is 0 Å². The molecule has 2 unspecified atom stereocenters. The molecule has 0 aromatic carbocycles. The lowest BCUT2D eigenvalue weighted by Crippen LogP contribution is -2.51. The number of hydrogen-bond donors (Lipinski definition) is 1. The average Bonchev–Trinajstić information content (AvgIpc) is 2.42. The van der Waals surface area contributed by atoms with Crippen molar-refractivity contribution >= 4 is 0 Å². The zero-order chi connectivity index (χ0) is 14.6. The van der Waals surface area contributed by atoms with Gasteiger partial charge < -0.3 is 14.8 Å². The van der Waals surface area contributed by atoms with E-state index in [0.29, 0.717) is 6.04 Å². The van der Waals surface area contributed by atoms with Crippen molar-refractivity contribution < 1.29 is 9.47 Å². The third kappa shape index (κ3) is 3.96. The van der Waals surface area contributed by atoms with Gasteiger partial charge in [-0.05, 0) is 71.3 Å². The quantitative estimate of drug-likeness (QED) is 0.775. The maximum Gasteiger partial charge on any atom is 0.0685 e. The first kappa shape index (κ1) is 16.3. The molecule has 1 heterocycles. The molecule has 0 bridgehead atoms. The number of nitrogens with one attached hydrogen (secondary N) is 1. The second-order valence-electron chi connectivity index (χ2n) is 7.37. The fourth-order valence-electron chi connectivity index (χ4n) is 3.68. The molecule has 2 aliphatic rings. The van der Waals surface area contributed by atoms with Crippen molar-refractivity contribution in [2.75, 3.05) is 20.3 Å². The third-order valence-corrected chi connectivity index (χ3v) is 5.29. The maximum absolute atomic E-state index is 6.08. The lowest BCUT2D eigenvalue weighted by Gasteiger charge is -2.49. The van der Waals surface area contributed by atoms with Crippen LogP contribution >= 0.6 is 0 Å². The first-order chi connectivity index (χ1) is 9.50. The molecule has 1 saturated heterocycles. The van der Waals surface area contributed by atoms with Crippen molar-refractivity contribution in [2.24, 2.45) is 5.92 Å². The van der Waals surface area contributed by atoms with Gasteiger partial charge in [-0.25, -0.2) is 0 Å². The van der Waals surface area contributed by atoms with E-state index in [1.165, 1.54) is 38.5 Å². The van der Waals surface area contributed by atoms with E-state index < -0.39 is 0 Å². The minimum absolute atomic E-state index is 0.0451. The van der Waals surface area contributed by atoms with Gasteiger partial charge in [0, 0.05) is 19.8 Å². The van der Waals surface area contributed by atoms with Crippen LogP contribution in [0.3, 0.4) is 0 Å². The first-order valence-electron chi connectivity index (χ1n) is 8.43. The van der Waals surface area contributed by atoms with Crippen LogP contribution < -0.4 is 5.32 Å². The molecule has 20 heavy (non-hydrogen) atoms. The molecule has 1 aliphatic heterocycles. The highest BCUT2D eigenvalue weighted by molar-refractivity contribution is 4.97. The average molecular weight is 283 g/mol. The second kappa shape index (κ2) is 6.76. The van der Waals surface area contributed by atoms with E-state index in [1.807, 2.05) is 7.11 Å². The monoisotopic (exact) mass is 283 g/mol. The van der Waals surface area contributed by atoms with Crippen LogP contribution in [0.2, 0.25) is 0 Å². The highest BCUT2D eigenvalue weighted by Crippen LogP contribution is 2.45. The van der Waals surface area contributed by atoms with Crippen LogP contribution in [0.5, 0.6) is 0 Å². The third-order valence-electron chi connectivity index (χ3n) is 5.29. The van der Waals surface area contributed by atoms with Gasteiger partial charge in [-0.15, -0.1) is 0 Å². The minimum atomic E-state index is -0.0451. The highest BCUT2D eigenvalue weighted by Gasteiger charge is 2.44. The van der Waals surface area contributed by atoms with Gasteiger partial charge in [0.1, 0.15) is 0 Å². The summed E-state index contributed by atoms with van der Waals surface area (Å²) in [6, 6.07) is 0.561.